The summed E-state index contributed by atoms with van der Waals surface area (Å²) >= 11 is 0. The molecule has 0 aromatic heterocycles. The highest BCUT2D eigenvalue weighted by molar-refractivity contribution is 7.90. The molecule has 2 aromatic carbocycles. The highest BCUT2D eigenvalue weighted by Gasteiger charge is 2.18. The number of sulfone groups is 1. The maximum Gasteiger partial charge on any atom is 0.279 e. The summed E-state index contributed by atoms with van der Waals surface area (Å²) in [6.07, 6.45) is 1.08. The standard InChI is InChI=1S/C19H23N3O5S/c1-22(12-18(23)20-14-7-6-8-15(11-14)27-2)13-19(24)21-16-9-4-5-10-17(16)28(3,25)26/h4-11H,12-13H2,1-3H3,(H,20,23)(H,21,24)/p+1. The number of carbonyl (C=O) groups excluding carboxylic acids is 2. The Labute approximate surface area is 164 Å². The van der Waals surface area contributed by atoms with Crippen LogP contribution in [-0.4, -0.2) is 53.7 Å². The summed E-state index contributed by atoms with van der Waals surface area (Å²) in [5.41, 5.74) is 0.826. The zero-order valence-electron chi connectivity index (χ0n) is 16.0. The van der Waals surface area contributed by atoms with E-state index in [4.69, 9.17) is 4.74 Å². The van der Waals surface area contributed by atoms with Gasteiger partial charge in [0.25, 0.3) is 11.8 Å². The van der Waals surface area contributed by atoms with Gasteiger partial charge in [-0.15, -0.1) is 0 Å². The lowest BCUT2D eigenvalue weighted by Gasteiger charge is -2.15. The molecule has 0 aliphatic heterocycles. The van der Waals surface area contributed by atoms with Crippen LogP contribution in [0, 0.1) is 0 Å². The molecule has 150 valence electrons. The normalized spacial score (nSPS) is 12.1. The van der Waals surface area contributed by atoms with E-state index < -0.39 is 9.84 Å². The highest BCUT2D eigenvalue weighted by Crippen LogP contribution is 2.20. The smallest absolute Gasteiger partial charge is 0.279 e. The number of para-hydroxylation sites is 1. The first-order valence-corrected chi connectivity index (χ1v) is 10.4. The van der Waals surface area contributed by atoms with Gasteiger partial charge in [-0.3, -0.25) is 9.59 Å². The van der Waals surface area contributed by atoms with Crippen molar-refractivity contribution in [3.63, 3.8) is 0 Å². The number of methoxy groups -OCH3 is 1. The largest absolute Gasteiger partial charge is 0.497 e. The van der Waals surface area contributed by atoms with Crippen LogP contribution < -0.4 is 20.3 Å². The van der Waals surface area contributed by atoms with Crippen LogP contribution in [0.15, 0.2) is 53.4 Å². The van der Waals surface area contributed by atoms with Crippen LogP contribution in [0.25, 0.3) is 0 Å². The number of anilines is 2. The van der Waals surface area contributed by atoms with Crippen molar-refractivity contribution in [2.45, 2.75) is 4.90 Å². The minimum absolute atomic E-state index is 0.00360. The topological polar surface area (TPSA) is 106 Å². The summed E-state index contributed by atoms with van der Waals surface area (Å²) in [6.45, 7) is 0.0714. The fourth-order valence-corrected chi connectivity index (χ4v) is 3.45. The lowest BCUT2D eigenvalue weighted by Crippen LogP contribution is -3.11. The second-order valence-corrected chi connectivity index (χ2v) is 8.39. The van der Waals surface area contributed by atoms with Crippen LogP contribution in [0.3, 0.4) is 0 Å². The molecule has 9 heteroatoms. The van der Waals surface area contributed by atoms with E-state index >= 15 is 0 Å². The molecule has 0 fully saturated rings. The predicted octanol–water partition coefficient (Wildman–Crippen LogP) is 0.191. The summed E-state index contributed by atoms with van der Waals surface area (Å²) in [5, 5.41) is 5.35. The van der Waals surface area contributed by atoms with E-state index in [0.29, 0.717) is 16.3 Å². The lowest BCUT2D eigenvalue weighted by atomic mass is 10.3. The van der Waals surface area contributed by atoms with E-state index in [1.54, 1.807) is 50.6 Å². The number of likely N-dealkylation sites (N-methyl/N-ethyl adjacent to an activating group) is 1. The number of carbonyl (C=O) groups is 2. The summed E-state index contributed by atoms with van der Waals surface area (Å²) in [4.78, 5) is 25.1. The van der Waals surface area contributed by atoms with Crippen molar-refractivity contribution in [2.24, 2.45) is 0 Å². The molecular formula is C19H24N3O5S+. The molecule has 2 amide bonds. The minimum atomic E-state index is -3.46. The molecule has 0 saturated carbocycles. The fraction of sp³-hybridized carbons (Fsp3) is 0.263. The molecule has 1 unspecified atom stereocenters. The Morgan fingerprint density at radius 3 is 2.29 bits per heavy atom. The van der Waals surface area contributed by atoms with Crippen LogP contribution in [0.5, 0.6) is 5.75 Å². The molecule has 0 aliphatic rings. The van der Waals surface area contributed by atoms with Gasteiger partial charge in [0.05, 0.1) is 24.7 Å². The van der Waals surface area contributed by atoms with Crippen LogP contribution in [0.4, 0.5) is 11.4 Å². The quantitative estimate of drug-likeness (QED) is 0.580. The molecule has 2 rings (SSSR count). The van der Waals surface area contributed by atoms with Gasteiger partial charge in [0.2, 0.25) is 0 Å². The Hall–Kier alpha value is -2.91. The molecule has 1 atom stereocenters. The highest BCUT2D eigenvalue weighted by atomic mass is 32.2. The molecule has 0 radical (unpaired) electrons. The van der Waals surface area contributed by atoms with Gasteiger partial charge in [-0.25, -0.2) is 8.42 Å². The Kier molecular flexibility index (Phi) is 7.13. The molecule has 0 heterocycles. The molecule has 2 aromatic rings. The van der Waals surface area contributed by atoms with E-state index in [1.807, 2.05) is 0 Å². The van der Waals surface area contributed by atoms with Gasteiger partial charge in [-0.2, -0.15) is 0 Å². The predicted molar refractivity (Wildman–Crippen MR) is 106 cm³/mol. The van der Waals surface area contributed by atoms with Crippen molar-refractivity contribution in [3.05, 3.63) is 48.5 Å². The Morgan fingerprint density at radius 2 is 1.64 bits per heavy atom. The van der Waals surface area contributed by atoms with E-state index in [0.717, 1.165) is 6.26 Å². The molecular weight excluding hydrogens is 382 g/mol. The Bertz CT molecular complexity index is 960. The Morgan fingerprint density at radius 1 is 1.00 bits per heavy atom. The molecule has 8 nitrogen and oxygen atoms in total. The lowest BCUT2D eigenvalue weighted by molar-refractivity contribution is -0.862. The maximum absolute atomic E-state index is 12.3. The van der Waals surface area contributed by atoms with Crippen LogP contribution in [0.1, 0.15) is 0 Å². The second-order valence-electron chi connectivity index (χ2n) is 6.41. The van der Waals surface area contributed by atoms with Gasteiger partial charge < -0.3 is 20.3 Å². The van der Waals surface area contributed by atoms with Gasteiger partial charge in [0, 0.05) is 18.0 Å². The molecule has 0 spiro atoms. The fourth-order valence-electron chi connectivity index (χ4n) is 2.60. The first-order valence-electron chi connectivity index (χ1n) is 8.53. The van der Waals surface area contributed by atoms with Gasteiger partial charge in [-0.1, -0.05) is 18.2 Å². The van der Waals surface area contributed by atoms with Crippen LogP contribution in [-0.2, 0) is 19.4 Å². The van der Waals surface area contributed by atoms with Gasteiger partial charge in [0.1, 0.15) is 5.75 Å². The second kappa shape index (κ2) is 9.34. The zero-order chi connectivity index (χ0) is 20.7. The third-order valence-electron chi connectivity index (χ3n) is 3.84. The zero-order valence-corrected chi connectivity index (χ0v) is 16.8. The van der Waals surface area contributed by atoms with E-state index in [2.05, 4.69) is 10.6 Å². The average Bonchev–Trinajstić information content (AvgIpc) is 2.60. The number of quaternary nitrogens is 1. The number of amides is 2. The third kappa shape index (κ3) is 6.36. The van der Waals surface area contributed by atoms with Crippen molar-refractivity contribution in [1.29, 1.82) is 0 Å². The summed E-state index contributed by atoms with van der Waals surface area (Å²) in [6, 6.07) is 13.2. The number of hydrogen-bond donors (Lipinski definition) is 3. The summed E-state index contributed by atoms with van der Waals surface area (Å²) in [5.74, 6) is -0.0136. The van der Waals surface area contributed by atoms with E-state index in [-0.39, 0.29) is 35.5 Å². The summed E-state index contributed by atoms with van der Waals surface area (Å²) in [7, 11) is -0.220. The maximum atomic E-state index is 12.3. The Balaban J connectivity index is 1.91. The molecule has 0 saturated heterocycles. The number of benzene rings is 2. The van der Waals surface area contributed by atoms with Gasteiger partial charge in [0.15, 0.2) is 22.9 Å². The molecule has 3 N–H and O–H groups in total. The number of ether oxygens (including phenoxy) is 1. The van der Waals surface area contributed by atoms with Crippen molar-refractivity contribution in [3.8, 4) is 5.75 Å². The molecule has 0 bridgehead atoms. The van der Waals surface area contributed by atoms with E-state index in [1.165, 1.54) is 12.1 Å². The van der Waals surface area contributed by atoms with Crippen LogP contribution >= 0.6 is 0 Å². The minimum Gasteiger partial charge on any atom is -0.497 e. The van der Waals surface area contributed by atoms with Crippen molar-refractivity contribution in [2.75, 3.05) is 44.1 Å². The number of nitrogens with one attached hydrogen (secondary N) is 3. The average molecular weight is 406 g/mol. The SMILES string of the molecule is COc1cccc(NC(=O)C[NH+](C)CC(=O)Nc2ccccc2S(C)(=O)=O)c1. The molecule has 28 heavy (non-hydrogen) atoms. The van der Waals surface area contributed by atoms with Crippen molar-refractivity contribution in [1.82, 2.24) is 0 Å². The van der Waals surface area contributed by atoms with Gasteiger partial charge >= 0.3 is 0 Å². The first kappa shape index (κ1) is 21.4. The number of rotatable bonds is 8. The van der Waals surface area contributed by atoms with E-state index in [9.17, 15) is 18.0 Å². The summed E-state index contributed by atoms with van der Waals surface area (Å²) < 4.78 is 28.7. The van der Waals surface area contributed by atoms with Crippen molar-refractivity contribution < 1.29 is 27.6 Å². The molecule has 0 aliphatic carbocycles. The first-order chi connectivity index (χ1) is 13.2. The third-order valence-corrected chi connectivity index (χ3v) is 4.99. The van der Waals surface area contributed by atoms with Gasteiger partial charge in [-0.05, 0) is 24.3 Å². The monoisotopic (exact) mass is 406 g/mol. The van der Waals surface area contributed by atoms with Crippen molar-refractivity contribution >= 4 is 33.0 Å². The number of hydrogen-bond acceptors (Lipinski definition) is 5. The van der Waals surface area contributed by atoms with Crippen LogP contribution in [0.2, 0.25) is 0 Å².